The van der Waals surface area contributed by atoms with Gasteiger partial charge in [0.25, 0.3) is 0 Å². The second kappa shape index (κ2) is 6.89. The monoisotopic (exact) mass is 263 g/mol. The maximum atomic E-state index is 5.95. The number of likely N-dealkylation sites (N-methyl/N-ethyl adjacent to an activating group) is 1. The Labute approximate surface area is 116 Å². The fraction of sp³-hybridized carbons (Fsp3) is 0.600. The van der Waals surface area contributed by atoms with Crippen LogP contribution in [-0.2, 0) is 0 Å². The summed E-state index contributed by atoms with van der Waals surface area (Å²) in [5.74, 6) is 0.923. The van der Waals surface area contributed by atoms with Gasteiger partial charge < -0.3 is 15.4 Å². The minimum atomic E-state index is 0.0137. The molecule has 4 heteroatoms. The molecule has 0 amide bonds. The SMILES string of the molecule is C[C@@H](N)c1ccccc1OCCN1CCN(C)CC1. The van der Waals surface area contributed by atoms with Gasteiger partial charge in [0.1, 0.15) is 12.4 Å². The molecule has 0 aromatic heterocycles. The Hall–Kier alpha value is -1.10. The molecule has 1 fully saturated rings. The van der Waals surface area contributed by atoms with Gasteiger partial charge in [-0.3, -0.25) is 4.90 Å². The zero-order chi connectivity index (χ0) is 13.7. The molecule has 106 valence electrons. The van der Waals surface area contributed by atoms with Gasteiger partial charge in [0.05, 0.1) is 0 Å². The number of rotatable bonds is 5. The highest BCUT2D eigenvalue weighted by Crippen LogP contribution is 2.23. The van der Waals surface area contributed by atoms with Gasteiger partial charge in [0.2, 0.25) is 0 Å². The number of ether oxygens (including phenoxy) is 1. The van der Waals surface area contributed by atoms with Gasteiger partial charge >= 0.3 is 0 Å². The summed E-state index contributed by atoms with van der Waals surface area (Å²) in [7, 11) is 2.17. The first kappa shape index (κ1) is 14.3. The molecule has 0 aliphatic carbocycles. The molecule has 1 atom stereocenters. The molecule has 0 spiro atoms. The maximum Gasteiger partial charge on any atom is 0.124 e. The summed E-state index contributed by atoms with van der Waals surface area (Å²) in [6, 6.07) is 8.06. The topological polar surface area (TPSA) is 41.7 Å². The summed E-state index contributed by atoms with van der Waals surface area (Å²) in [5.41, 5.74) is 7.03. The first-order valence-corrected chi connectivity index (χ1v) is 7.05. The number of para-hydroxylation sites is 1. The molecular weight excluding hydrogens is 238 g/mol. The fourth-order valence-electron chi connectivity index (χ4n) is 2.34. The molecule has 1 aliphatic rings. The lowest BCUT2D eigenvalue weighted by Crippen LogP contribution is -2.45. The van der Waals surface area contributed by atoms with Crippen LogP contribution in [-0.4, -0.2) is 56.2 Å². The van der Waals surface area contributed by atoms with Crippen molar-refractivity contribution in [2.45, 2.75) is 13.0 Å². The van der Waals surface area contributed by atoms with Crippen LogP contribution < -0.4 is 10.5 Å². The Bertz CT molecular complexity index is 387. The summed E-state index contributed by atoms with van der Waals surface area (Å²) >= 11 is 0. The van der Waals surface area contributed by atoms with Crippen molar-refractivity contribution >= 4 is 0 Å². The Balaban J connectivity index is 1.79. The van der Waals surface area contributed by atoms with Gasteiger partial charge in [-0.25, -0.2) is 0 Å². The molecule has 4 nitrogen and oxygen atoms in total. The summed E-state index contributed by atoms with van der Waals surface area (Å²) in [4.78, 5) is 4.82. The van der Waals surface area contributed by atoms with E-state index in [1.807, 2.05) is 31.2 Å². The van der Waals surface area contributed by atoms with Gasteiger partial charge in [-0.05, 0) is 20.0 Å². The molecule has 0 unspecified atom stereocenters. The van der Waals surface area contributed by atoms with Crippen LogP contribution in [0.4, 0.5) is 0 Å². The third kappa shape index (κ3) is 4.20. The summed E-state index contributed by atoms with van der Waals surface area (Å²) in [6.07, 6.45) is 0. The van der Waals surface area contributed by atoms with Gasteiger partial charge in [0.15, 0.2) is 0 Å². The third-order valence-corrected chi connectivity index (χ3v) is 3.67. The van der Waals surface area contributed by atoms with Crippen molar-refractivity contribution in [3.05, 3.63) is 29.8 Å². The number of hydrogen-bond acceptors (Lipinski definition) is 4. The molecule has 2 N–H and O–H groups in total. The number of piperazine rings is 1. The number of nitrogens with zero attached hydrogens (tertiary/aromatic N) is 2. The molecule has 1 aliphatic heterocycles. The molecule has 0 saturated carbocycles. The summed E-state index contributed by atoms with van der Waals surface area (Å²) in [5, 5.41) is 0. The highest BCUT2D eigenvalue weighted by molar-refractivity contribution is 5.35. The average Bonchev–Trinajstić information content (AvgIpc) is 2.41. The van der Waals surface area contributed by atoms with Gasteiger partial charge in [-0.2, -0.15) is 0 Å². The predicted molar refractivity (Wildman–Crippen MR) is 78.5 cm³/mol. The molecule has 19 heavy (non-hydrogen) atoms. The van der Waals surface area contributed by atoms with Crippen LogP contribution in [0.25, 0.3) is 0 Å². The van der Waals surface area contributed by atoms with E-state index in [1.54, 1.807) is 0 Å². The van der Waals surface area contributed by atoms with Crippen LogP contribution in [0.5, 0.6) is 5.75 Å². The van der Waals surface area contributed by atoms with E-state index >= 15 is 0 Å². The first-order chi connectivity index (χ1) is 9.16. The van der Waals surface area contributed by atoms with Crippen LogP contribution in [0, 0.1) is 0 Å². The lowest BCUT2D eigenvalue weighted by Gasteiger charge is -2.32. The molecule has 1 saturated heterocycles. The summed E-state index contributed by atoms with van der Waals surface area (Å²) in [6.45, 7) is 8.27. The zero-order valence-electron chi connectivity index (χ0n) is 12.0. The van der Waals surface area contributed by atoms with Crippen LogP contribution in [0.1, 0.15) is 18.5 Å². The van der Waals surface area contributed by atoms with Crippen molar-refractivity contribution in [2.75, 3.05) is 46.4 Å². The van der Waals surface area contributed by atoms with E-state index in [1.165, 1.54) is 0 Å². The van der Waals surface area contributed by atoms with E-state index in [0.29, 0.717) is 0 Å². The average molecular weight is 263 g/mol. The Kier molecular flexibility index (Phi) is 5.19. The smallest absolute Gasteiger partial charge is 0.124 e. The molecule has 1 heterocycles. The van der Waals surface area contributed by atoms with E-state index in [9.17, 15) is 0 Å². The van der Waals surface area contributed by atoms with Gasteiger partial charge in [-0.15, -0.1) is 0 Å². The molecule has 2 rings (SSSR count). The van der Waals surface area contributed by atoms with Crippen molar-refractivity contribution in [3.63, 3.8) is 0 Å². The minimum Gasteiger partial charge on any atom is -0.492 e. The zero-order valence-corrected chi connectivity index (χ0v) is 12.0. The Morgan fingerprint density at radius 1 is 1.21 bits per heavy atom. The van der Waals surface area contributed by atoms with E-state index in [-0.39, 0.29) is 6.04 Å². The minimum absolute atomic E-state index is 0.0137. The molecule has 0 bridgehead atoms. The van der Waals surface area contributed by atoms with Crippen LogP contribution in [0.15, 0.2) is 24.3 Å². The number of nitrogens with two attached hydrogens (primary N) is 1. The molecule has 1 aromatic carbocycles. The van der Waals surface area contributed by atoms with E-state index < -0.39 is 0 Å². The summed E-state index contributed by atoms with van der Waals surface area (Å²) < 4.78 is 5.89. The first-order valence-electron chi connectivity index (χ1n) is 7.05. The predicted octanol–water partition coefficient (Wildman–Crippen LogP) is 1.33. The van der Waals surface area contributed by atoms with Crippen LogP contribution in [0.3, 0.4) is 0 Å². The normalized spacial score (nSPS) is 19.3. The van der Waals surface area contributed by atoms with E-state index in [2.05, 4.69) is 16.8 Å². The van der Waals surface area contributed by atoms with Crippen molar-refractivity contribution in [2.24, 2.45) is 5.73 Å². The van der Waals surface area contributed by atoms with E-state index in [4.69, 9.17) is 10.5 Å². The largest absolute Gasteiger partial charge is 0.492 e. The number of benzene rings is 1. The quantitative estimate of drug-likeness (QED) is 0.870. The lowest BCUT2D eigenvalue weighted by atomic mass is 10.1. The lowest BCUT2D eigenvalue weighted by molar-refractivity contribution is 0.133. The number of hydrogen-bond donors (Lipinski definition) is 1. The fourth-order valence-corrected chi connectivity index (χ4v) is 2.34. The van der Waals surface area contributed by atoms with Gasteiger partial charge in [0, 0.05) is 44.3 Å². The maximum absolute atomic E-state index is 5.95. The molecule has 0 radical (unpaired) electrons. The Morgan fingerprint density at radius 2 is 1.89 bits per heavy atom. The molecular formula is C15H25N3O. The highest BCUT2D eigenvalue weighted by atomic mass is 16.5. The van der Waals surface area contributed by atoms with E-state index in [0.717, 1.165) is 50.6 Å². The van der Waals surface area contributed by atoms with Crippen LogP contribution in [0.2, 0.25) is 0 Å². The highest BCUT2D eigenvalue weighted by Gasteiger charge is 2.13. The van der Waals surface area contributed by atoms with Crippen LogP contribution >= 0.6 is 0 Å². The standard InChI is InChI=1S/C15H25N3O/c1-13(16)14-5-3-4-6-15(14)19-12-11-18-9-7-17(2)8-10-18/h3-6,13H,7-12,16H2,1-2H3/t13-/m1/s1. The Morgan fingerprint density at radius 3 is 2.58 bits per heavy atom. The second-order valence-electron chi connectivity index (χ2n) is 5.32. The van der Waals surface area contributed by atoms with Crippen molar-refractivity contribution in [1.29, 1.82) is 0 Å². The van der Waals surface area contributed by atoms with Crippen molar-refractivity contribution in [1.82, 2.24) is 9.80 Å². The van der Waals surface area contributed by atoms with Gasteiger partial charge in [-0.1, -0.05) is 18.2 Å². The second-order valence-corrected chi connectivity index (χ2v) is 5.32. The van der Waals surface area contributed by atoms with Crippen molar-refractivity contribution < 1.29 is 4.74 Å². The third-order valence-electron chi connectivity index (χ3n) is 3.67. The molecule has 1 aromatic rings. The van der Waals surface area contributed by atoms with Crippen molar-refractivity contribution in [3.8, 4) is 5.75 Å².